The number of hydrogen-bond acceptors (Lipinski definition) is 2. The van der Waals surface area contributed by atoms with Crippen LogP contribution in [0.15, 0.2) is 36.4 Å². The Labute approximate surface area is 113 Å². The molecule has 0 atom stereocenters. The smallest absolute Gasteiger partial charge is 0.315 e. The van der Waals surface area contributed by atoms with Crippen molar-refractivity contribution in [3.63, 3.8) is 0 Å². The van der Waals surface area contributed by atoms with Gasteiger partial charge in [-0.15, -0.1) is 0 Å². The number of amides is 2. The third-order valence-electron chi connectivity index (χ3n) is 3.25. The van der Waals surface area contributed by atoms with Gasteiger partial charge < -0.3 is 15.7 Å². The summed E-state index contributed by atoms with van der Waals surface area (Å²) in [6.45, 7) is 0.681. The fraction of sp³-hybridized carbons (Fsp3) is 0.400. The number of hydrogen-bond donors (Lipinski definition) is 3. The van der Waals surface area contributed by atoms with Gasteiger partial charge >= 0.3 is 6.03 Å². The van der Waals surface area contributed by atoms with E-state index >= 15 is 0 Å². The van der Waals surface area contributed by atoms with E-state index in [4.69, 9.17) is 5.11 Å². The maximum absolute atomic E-state index is 11.6. The van der Waals surface area contributed by atoms with Gasteiger partial charge in [-0.05, 0) is 30.4 Å². The lowest BCUT2D eigenvalue weighted by molar-refractivity contribution is 0.237. The van der Waals surface area contributed by atoms with Crippen LogP contribution in [0.1, 0.15) is 24.0 Å². The molecule has 0 radical (unpaired) electrons. The number of urea groups is 1. The Hall–Kier alpha value is -1.81. The molecule has 4 heteroatoms. The Balaban J connectivity index is 1.66. The van der Waals surface area contributed by atoms with Crippen molar-refractivity contribution in [1.29, 1.82) is 0 Å². The van der Waals surface area contributed by atoms with E-state index in [-0.39, 0.29) is 18.7 Å². The molecule has 102 valence electrons. The van der Waals surface area contributed by atoms with Gasteiger partial charge in [0.1, 0.15) is 0 Å². The fourth-order valence-electron chi connectivity index (χ4n) is 2.10. The average Bonchev–Trinajstić information content (AvgIpc) is 2.92. The highest BCUT2D eigenvalue weighted by atomic mass is 16.3. The van der Waals surface area contributed by atoms with E-state index in [0.29, 0.717) is 6.54 Å². The van der Waals surface area contributed by atoms with Crippen LogP contribution < -0.4 is 10.6 Å². The first-order valence-corrected chi connectivity index (χ1v) is 6.66. The van der Waals surface area contributed by atoms with E-state index < -0.39 is 0 Å². The number of aliphatic hydroxyl groups is 1. The molecule has 1 aromatic carbocycles. The van der Waals surface area contributed by atoms with Crippen molar-refractivity contribution in [2.24, 2.45) is 0 Å². The van der Waals surface area contributed by atoms with Crippen LogP contribution in [0.5, 0.6) is 0 Å². The molecule has 1 aliphatic carbocycles. The predicted molar refractivity (Wildman–Crippen MR) is 74.8 cm³/mol. The molecule has 0 heterocycles. The van der Waals surface area contributed by atoms with Crippen molar-refractivity contribution in [2.75, 3.05) is 6.54 Å². The number of rotatable bonds is 5. The summed E-state index contributed by atoms with van der Waals surface area (Å²) in [6, 6.07) is 7.92. The minimum Gasteiger partial charge on any atom is -0.392 e. The number of nitrogens with one attached hydrogen (secondary N) is 2. The summed E-state index contributed by atoms with van der Waals surface area (Å²) in [5.41, 5.74) is 2.06. The van der Waals surface area contributed by atoms with Gasteiger partial charge in [0, 0.05) is 12.6 Å². The van der Waals surface area contributed by atoms with Crippen molar-refractivity contribution < 1.29 is 9.90 Å². The van der Waals surface area contributed by atoms with Crippen LogP contribution in [0.2, 0.25) is 0 Å². The quantitative estimate of drug-likeness (QED) is 0.706. The normalized spacial score (nSPS) is 14.6. The van der Waals surface area contributed by atoms with Gasteiger partial charge in [-0.2, -0.15) is 0 Å². The van der Waals surface area contributed by atoms with Crippen molar-refractivity contribution in [3.8, 4) is 0 Å². The molecule has 3 N–H and O–H groups in total. The summed E-state index contributed by atoms with van der Waals surface area (Å²) in [5, 5.41) is 14.7. The summed E-state index contributed by atoms with van der Waals surface area (Å²) in [7, 11) is 0. The van der Waals surface area contributed by atoms with Crippen molar-refractivity contribution in [1.82, 2.24) is 10.6 Å². The van der Waals surface area contributed by atoms with E-state index in [9.17, 15) is 4.79 Å². The molecule has 2 amide bonds. The van der Waals surface area contributed by atoms with Gasteiger partial charge in [0.15, 0.2) is 0 Å². The standard InChI is InChI=1S/C15H20N2O2/c18-11-13-7-5-12(6-8-13)9-10-16-15(19)17-14-3-1-2-4-14/h1-2,5-8,14,18H,3-4,9-11H2,(H2,16,17,19). The Kier molecular flexibility index (Phi) is 4.98. The Morgan fingerprint density at radius 1 is 1.16 bits per heavy atom. The molecule has 0 aliphatic heterocycles. The van der Waals surface area contributed by atoms with Crippen LogP contribution in [0.25, 0.3) is 0 Å². The molecule has 0 saturated carbocycles. The lowest BCUT2D eigenvalue weighted by atomic mass is 10.1. The van der Waals surface area contributed by atoms with E-state index in [2.05, 4.69) is 22.8 Å². The zero-order valence-corrected chi connectivity index (χ0v) is 10.9. The van der Waals surface area contributed by atoms with Crippen LogP contribution in [-0.2, 0) is 13.0 Å². The van der Waals surface area contributed by atoms with E-state index in [1.54, 1.807) is 0 Å². The second-order valence-electron chi connectivity index (χ2n) is 4.76. The molecule has 1 aromatic rings. The first kappa shape index (κ1) is 13.6. The number of carbonyl (C=O) groups excluding carboxylic acids is 1. The first-order valence-electron chi connectivity index (χ1n) is 6.66. The molecule has 0 saturated heterocycles. The van der Waals surface area contributed by atoms with Gasteiger partial charge in [0.25, 0.3) is 0 Å². The Morgan fingerprint density at radius 3 is 2.42 bits per heavy atom. The van der Waals surface area contributed by atoms with E-state index in [1.807, 2.05) is 24.3 Å². The molecule has 0 spiro atoms. The second kappa shape index (κ2) is 6.95. The summed E-state index contributed by atoms with van der Waals surface area (Å²) < 4.78 is 0. The molecule has 19 heavy (non-hydrogen) atoms. The lowest BCUT2D eigenvalue weighted by Gasteiger charge is -2.13. The van der Waals surface area contributed by atoms with Crippen molar-refractivity contribution in [2.45, 2.75) is 31.9 Å². The highest BCUT2D eigenvalue weighted by Crippen LogP contribution is 2.08. The minimum atomic E-state index is -0.0966. The maximum Gasteiger partial charge on any atom is 0.315 e. The van der Waals surface area contributed by atoms with E-state index in [1.165, 1.54) is 0 Å². The summed E-state index contributed by atoms with van der Waals surface area (Å²) in [4.78, 5) is 11.6. The van der Waals surface area contributed by atoms with Crippen molar-refractivity contribution in [3.05, 3.63) is 47.5 Å². The SMILES string of the molecule is O=C(NCCc1ccc(CO)cc1)NC1CC=CC1. The highest BCUT2D eigenvalue weighted by Gasteiger charge is 2.12. The number of benzene rings is 1. The minimum absolute atomic E-state index is 0.0658. The van der Waals surface area contributed by atoms with Crippen LogP contribution in [0, 0.1) is 0 Å². The van der Waals surface area contributed by atoms with Gasteiger partial charge in [-0.1, -0.05) is 36.4 Å². The molecule has 0 fully saturated rings. The third-order valence-corrected chi connectivity index (χ3v) is 3.25. The van der Waals surface area contributed by atoms with Gasteiger partial charge in [-0.25, -0.2) is 4.79 Å². The van der Waals surface area contributed by atoms with Crippen LogP contribution in [0.4, 0.5) is 4.79 Å². The monoisotopic (exact) mass is 260 g/mol. The fourth-order valence-corrected chi connectivity index (χ4v) is 2.10. The largest absolute Gasteiger partial charge is 0.392 e. The molecule has 4 nitrogen and oxygen atoms in total. The number of aliphatic hydroxyl groups excluding tert-OH is 1. The molecular weight excluding hydrogens is 240 g/mol. The summed E-state index contributed by atoms with van der Waals surface area (Å²) >= 11 is 0. The summed E-state index contributed by atoms with van der Waals surface area (Å²) in [5.74, 6) is 0. The van der Waals surface area contributed by atoms with Gasteiger partial charge in [0.05, 0.1) is 6.61 Å². The van der Waals surface area contributed by atoms with Crippen molar-refractivity contribution >= 4 is 6.03 Å². The number of carbonyl (C=O) groups is 1. The maximum atomic E-state index is 11.6. The highest BCUT2D eigenvalue weighted by molar-refractivity contribution is 5.74. The lowest BCUT2D eigenvalue weighted by Crippen LogP contribution is -2.41. The zero-order chi connectivity index (χ0) is 13.5. The van der Waals surface area contributed by atoms with Gasteiger partial charge in [-0.3, -0.25) is 0 Å². The first-order chi connectivity index (χ1) is 9.28. The summed E-state index contributed by atoms with van der Waals surface area (Å²) in [6.07, 6.45) is 6.83. The van der Waals surface area contributed by atoms with Gasteiger partial charge in [0.2, 0.25) is 0 Å². The molecule has 1 aliphatic rings. The molecule has 0 aromatic heterocycles. The zero-order valence-electron chi connectivity index (χ0n) is 10.9. The average molecular weight is 260 g/mol. The Bertz CT molecular complexity index is 432. The predicted octanol–water partition coefficient (Wildman–Crippen LogP) is 1.74. The molecular formula is C15H20N2O2. The van der Waals surface area contributed by atoms with Crippen LogP contribution in [0.3, 0.4) is 0 Å². The Morgan fingerprint density at radius 2 is 1.79 bits per heavy atom. The van der Waals surface area contributed by atoms with E-state index in [0.717, 1.165) is 30.4 Å². The molecule has 2 rings (SSSR count). The molecule has 0 unspecified atom stereocenters. The topological polar surface area (TPSA) is 61.4 Å². The van der Waals surface area contributed by atoms with Crippen LogP contribution in [-0.4, -0.2) is 23.7 Å². The third kappa shape index (κ3) is 4.41. The second-order valence-corrected chi connectivity index (χ2v) is 4.76. The molecule has 0 bridgehead atoms. The van der Waals surface area contributed by atoms with Crippen LogP contribution >= 0.6 is 0 Å².